The van der Waals surface area contributed by atoms with Crippen molar-refractivity contribution in [3.8, 4) is 5.88 Å². The summed E-state index contributed by atoms with van der Waals surface area (Å²) in [6, 6.07) is 1.47. The van der Waals surface area contributed by atoms with Crippen molar-refractivity contribution in [2.45, 2.75) is 13.0 Å². The molecule has 1 heterocycles. The van der Waals surface area contributed by atoms with E-state index in [9.17, 15) is 4.79 Å². The van der Waals surface area contributed by atoms with E-state index in [1.54, 1.807) is 0 Å². The summed E-state index contributed by atoms with van der Waals surface area (Å²) in [7, 11) is 0. The fourth-order valence-electron chi connectivity index (χ4n) is 0.703. The van der Waals surface area contributed by atoms with Gasteiger partial charge in [0.1, 0.15) is 5.02 Å². The summed E-state index contributed by atoms with van der Waals surface area (Å²) in [6.07, 6.45) is 0.580. The van der Waals surface area contributed by atoms with Crippen LogP contribution in [-0.2, 0) is 4.79 Å². The van der Waals surface area contributed by atoms with Crippen molar-refractivity contribution in [1.29, 1.82) is 0 Å². The van der Waals surface area contributed by atoms with Crippen LogP contribution in [0, 0.1) is 0 Å². The molecule has 3 nitrogen and oxygen atoms in total. The predicted molar refractivity (Wildman–Crippen MR) is 55.2 cm³/mol. The third kappa shape index (κ3) is 3.01. The molecule has 0 fully saturated rings. The van der Waals surface area contributed by atoms with Gasteiger partial charge in [0.2, 0.25) is 5.88 Å². The smallest absolute Gasteiger partial charge is 0.262 e. The molecule has 0 bridgehead atoms. The van der Waals surface area contributed by atoms with Crippen LogP contribution in [0.4, 0.5) is 0 Å². The first-order valence-corrected chi connectivity index (χ1v) is 4.81. The first-order valence-electron chi connectivity index (χ1n) is 3.67. The van der Waals surface area contributed by atoms with Gasteiger partial charge >= 0.3 is 0 Å². The normalized spacial score (nSPS) is 12.3. The Hall–Kier alpha value is -0.510. The summed E-state index contributed by atoms with van der Waals surface area (Å²) in [5.41, 5.74) is 0. The molecule has 0 aliphatic rings. The minimum atomic E-state index is -0.789. The Morgan fingerprint density at radius 1 is 1.57 bits per heavy atom. The van der Waals surface area contributed by atoms with Crippen LogP contribution in [0.15, 0.2) is 12.3 Å². The lowest BCUT2D eigenvalue weighted by Crippen LogP contribution is -2.19. The Bertz CT molecular complexity index is 356. The zero-order chi connectivity index (χ0) is 10.7. The summed E-state index contributed by atoms with van der Waals surface area (Å²) in [6.45, 7) is 1.50. The molecule has 0 saturated carbocycles. The van der Waals surface area contributed by atoms with Crippen molar-refractivity contribution in [2.75, 3.05) is 0 Å². The molecule has 0 radical (unpaired) electrons. The van der Waals surface area contributed by atoms with E-state index in [0.29, 0.717) is 5.02 Å². The molecule has 0 N–H and O–H groups in total. The molecule has 1 aromatic heterocycles. The van der Waals surface area contributed by atoms with Crippen molar-refractivity contribution >= 4 is 40.0 Å². The van der Waals surface area contributed by atoms with Crippen LogP contribution >= 0.6 is 34.8 Å². The molecule has 0 spiro atoms. The molecule has 1 atom stereocenters. The van der Waals surface area contributed by atoms with Crippen molar-refractivity contribution in [3.05, 3.63) is 22.3 Å². The van der Waals surface area contributed by atoms with E-state index in [1.165, 1.54) is 19.2 Å². The Balaban J connectivity index is 2.82. The van der Waals surface area contributed by atoms with Gasteiger partial charge in [-0.2, -0.15) is 0 Å². The topological polar surface area (TPSA) is 39.2 Å². The van der Waals surface area contributed by atoms with Gasteiger partial charge in [-0.05, 0) is 24.6 Å². The highest BCUT2D eigenvalue weighted by atomic mass is 35.5. The number of hydrogen-bond donors (Lipinski definition) is 0. The lowest BCUT2D eigenvalue weighted by atomic mass is 10.4. The van der Waals surface area contributed by atoms with Crippen LogP contribution in [0.3, 0.4) is 0 Å². The quantitative estimate of drug-likeness (QED) is 0.779. The SMILES string of the molecule is CC(Oc1ncc(Cl)cc1Cl)C(=O)Cl. The van der Waals surface area contributed by atoms with Gasteiger partial charge in [-0.25, -0.2) is 4.98 Å². The van der Waals surface area contributed by atoms with Crippen LogP contribution < -0.4 is 4.74 Å². The first kappa shape index (κ1) is 11.6. The van der Waals surface area contributed by atoms with E-state index >= 15 is 0 Å². The third-order valence-electron chi connectivity index (χ3n) is 1.38. The van der Waals surface area contributed by atoms with Crippen LogP contribution in [0.2, 0.25) is 10.0 Å². The van der Waals surface area contributed by atoms with Gasteiger partial charge in [0.15, 0.2) is 6.10 Å². The number of nitrogens with zero attached hydrogens (tertiary/aromatic N) is 1. The minimum Gasteiger partial charge on any atom is -0.464 e. The molecule has 1 unspecified atom stereocenters. The number of aromatic nitrogens is 1. The second-order valence-electron chi connectivity index (χ2n) is 2.50. The predicted octanol–water partition coefficient (Wildman–Crippen LogP) is 2.92. The summed E-state index contributed by atoms with van der Waals surface area (Å²) in [5.74, 6) is 0.137. The maximum atomic E-state index is 10.7. The number of ether oxygens (including phenoxy) is 1. The lowest BCUT2D eigenvalue weighted by molar-refractivity contribution is -0.117. The van der Waals surface area contributed by atoms with Gasteiger partial charge in [-0.15, -0.1) is 0 Å². The molecule has 0 saturated heterocycles. The number of halogens is 3. The van der Waals surface area contributed by atoms with Gasteiger partial charge in [0.25, 0.3) is 5.24 Å². The molecule has 6 heteroatoms. The zero-order valence-electron chi connectivity index (χ0n) is 7.13. The van der Waals surface area contributed by atoms with Gasteiger partial charge in [0.05, 0.1) is 5.02 Å². The largest absolute Gasteiger partial charge is 0.464 e. The van der Waals surface area contributed by atoms with Gasteiger partial charge in [-0.1, -0.05) is 23.2 Å². The summed E-state index contributed by atoms with van der Waals surface area (Å²) in [5, 5.41) is 0.0206. The lowest BCUT2D eigenvalue weighted by Gasteiger charge is -2.10. The molecule has 0 aromatic carbocycles. The highest BCUT2D eigenvalue weighted by Gasteiger charge is 2.14. The minimum absolute atomic E-state index is 0.137. The molecular formula is C8H6Cl3NO2. The number of rotatable bonds is 3. The van der Waals surface area contributed by atoms with Crippen molar-refractivity contribution < 1.29 is 9.53 Å². The molecule has 0 amide bonds. The van der Waals surface area contributed by atoms with Crippen molar-refractivity contribution in [2.24, 2.45) is 0 Å². The fourth-order valence-corrected chi connectivity index (χ4v) is 1.17. The maximum absolute atomic E-state index is 10.7. The van der Waals surface area contributed by atoms with E-state index in [-0.39, 0.29) is 10.9 Å². The summed E-state index contributed by atoms with van der Waals surface area (Å²) < 4.78 is 5.08. The van der Waals surface area contributed by atoms with Crippen molar-refractivity contribution in [3.63, 3.8) is 0 Å². The highest BCUT2D eigenvalue weighted by Crippen LogP contribution is 2.25. The summed E-state index contributed by atoms with van der Waals surface area (Å²) >= 11 is 16.6. The average molecular weight is 254 g/mol. The van der Waals surface area contributed by atoms with Crippen molar-refractivity contribution in [1.82, 2.24) is 4.98 Å². The number of carbonyl (C=O) groups is 1. The van der Waals surface area contributed by atoms with Gasteiger partial charge < -0.3 is 4.74 Å². The second-order valence-corrected chi connectivity index (χ2v) is 3.72. The monoisotopic (exact) mass is 253 g/mol. The number of hydrogen-bond acceptors (Lipinski definition) is 3. The molecule has 0 aliphatic carbocycles. The number of carbonyl (C=O) groups excluding carboxylic acids is 1. The van der Waals surface area contributed by atoms with Gasteiger partial charge in [0, 0.05) is 6.20 Å². The Labute approximate surface area is 95.9 Å². The van der Waals surface area contributed by atoms with Gasteiger partial charge in [-0.3, -0.25) is 4.79 Å². The fraction of sp³-hybridized carbons (Fsp3) is 0.250. The third-order valence-corrected chi connectivity index (χ3v) is 2.17. The first-order chi connectivity index (χ1) is 6.50. The number of pyridine rings is 1. The summed E-state index contributed by atoms with van der Waals surface area (Å²) in [4.78, 5) is 14.5. The van der Waals surface area contributed by atoms with E-state index in [1.807, 2.05) is 0 Å². The molecular weight excluding hydrogens is 248 g/mol. The van der Waals surface area contributed by atoms with E-state index in [2.05, 4.69) is 4.98 Å². The Morgan fingerprint density at radius 3 is 2.71 bits per heavy atom. The average Bonchev–Trinajstić information content (AvgIpc) is 2.09. The Morgan fingerprint density at radius 2 is 2.21 bits per heavy atom. The molecule has 1 aromatic rings. The molecule has 76 valence electrons. The van der Waals surface area contributed by atoms with E-state index in [4.69, 9.17) is 39.5 Å². The van der Waals surface area contributed by atoms with Crippen LogP contribution in [0.1, 0.15) is 6.92 Å². The zero-order valence-corrected chi connectivity index (χ0v) is 9.40. The van der Waals surface area contributed by atoms with E-state index < -0.39 is 11.3 Å². The second kappa shape index (κ2) is 4.82. The van der Waals surface area contributed by atoms with Crippen LogP contribution in [0.5, 0.6) is 5.88 Å². The maximum Gasteiger partial charge on any atom is 0.262 e. The molecule has 1 rings (SSSR count). The Kier molecular flexibility index (Phi) is 3.98. The highest BCUT2D eigenvalue weighted by molar-refractivity contribution is 6.64. The van der Waals surface area contributed by atoms with E-state index in [0.717, 1.165) is 0 Å². The molecule has 0 aliphatic heterocycles. The molecule has 14 heavy (non-hydrogen) atoms. The van der Waals surface area contributed by atoms with Crippen LogP contribution in [0.25, 0.3) is 0 Å². The van der Waals surface area contributed by atoms with Crippen LogP contribution in [-0.4, -0.2) is 16.3 Å². The standard InChI is InChI=1S/C8H6Cl3NO2/c1-4(7(11)13)14-8-6(10)2-5(9)3-12-8/h2-4H,1H3.